The van der Waals surface area contributed by atoms with Gasteiger partial charge in [0.05, 0.1) is 12.6 Å². The first kappa shape index (κ1) is 17.0. The van der Waals surface area contributed by atoms with E-state index in [0.717, 1.165) is 18.7 Å². The lowest BCUT2D eigenvalue weighted by atomic mass is 10.0. The number of aromatic nitrogens is 1. The highest BCUT2D eigenvalue weighted by molar-refractivity contribution is 5.88. The molecule has 0 bridgehead atoms. The van der Waals surface area contributed by atoms with Gasteiger partial charge in [0.1, 0.15) is 6.61 Å². The van der Waals surface area contributed by atoms with E-state index in [1.165, 1.54) is 19.3 Å². The maximum absolute atomic E-state index is 12.2. The number of carbonyl (C=O) groups excluding carboxylic acids is 1. The van der Waals surface area contributed by atoms with Gasteiger partial charge in [-0.15, -0.1) is 0 Å². The number of pyridine rings is 1. The summed E-state index contributed by atoms with van der Waals surface area (Å²) >= 11 is 0. The van der Waals surface area contributed by atoms with Gasteiger partial charge in [0, 0.05) is 12.2 Å². The Morgan fingerprint density at radius 3 is 2.67 bits per heavy atom. The smallest absolute Gasteiger partial charge is 0.415 e. The number of ether oxygens (including phenoxy) is 2. The summed E-state index contributed by atoms with van der Waals surface area (Å²) in [5, 5.41) is 0. The minimum Gasteiger partial charge on any atom is -0.488 e. The molecule has 1 fully saturated rings. The Morgan fingerprint density at radius 2 is 1.96 bits per heavy atom. The molecule has 1 unspecified atom stereocenters. The molecule has 0 saturated carbocycles. The summed E-state index contributed by atoms with van der Waals surface area (Å²) < 4.78 is 11.1. The second kappa shape index (κ2) is 7.38. The monoisotopic (exact) mass is 333 g/mol. The van der Waals surface area contributed by atoms with Crippen LogP contribution in [0.1, 0.15) is 51.6 Å². The number of piperidine rings is 1. The van der Waals surface area contributed by atoms with Crippen LogP contribution in [0.3, 0.4) is 0 Å². The van der Waals surface area contributed by atoms with E-state index in [-0.39, 0.29) is 12.2 Å². The molecule has 1 aromatic heterocycles. The Kier molecular flexibility index (Phi) is 5.23. The van der Waals surface area contributed by atoms with Gasteiger partial charge in [-0.2, -0.15) is 0 Å². The van der Waals surface area contributed by atoms with Crippen molar-refractivity contribution in [3.05, 3.63) is 17.8 Å². The van der Waals surface area contributed by atoms with Gasteiger partial charge in [0.15, 0.2) is 11.6 Å². The molecule has 6 heteroatoms. The Balaban J connectivity index is 1.78. The second-order valence-corrected chi connectivity index (χ2v) is 6.80. The Hall–Kier alpha value is -1.82. The SMILES string of the molecule is CC(C)OC(=O)N1CCOc2cc(C(C)N3CCCCC3)cnc21. The maximum Gasteiger partial charge on any atom is 0.415 e. The molecule has 0 aliphatic carbocycles. The fourth-order valence-corrected chi connectivity index (χ4v) is 3.30. The minimum atomic E-state index is -0.362. The van der Waals surface area contributed by atoms with E-state index in [2.05, 4.69) is 16.8 Å². The number of nitrogens with zero attached hydrogens (tertiary/aromatic N) is 3. The van der Waals surface area contributed by atoms with Gasteiger partial charge in [-0.05, 0) is 58.3 Å². The first-order valence-electron chi connectivity index (χ1n) is 8.91. The van der Waals surface area contributed by atoms with E-state index in [1.54, 1.807) is 4.90 Å². The van der Waals surface area contributed by atoms with Gasteiger partial charge >= 0.3 is 6.09 Å². The zero-order chi connectivity index (χ0) is 17.1. The molecule has 3 heterocycles. The summed E-state index contributed by atoms with van der Waals surface area (Å²) in [6, 6.07) is 2.33. The predicted molar refractivity (Wildman–Crippen MR) is 92.5 cm³/mol. The van der Waals surface area contributed by atoms with Crippen LogP contribution in [0.4, 0.5) is 10.6 Å². The molecule has 24 heavy (non-hydrogen) atoms. The van der Waals surface area contributed by atoms with Crippen LogP contribution in [0.15, 0.2) is 12.3 Å². The van der Waals surface area contributed by atoms with Crippen molar-refractivity contribution in [2.24, 2.45) is 0 Å². The van der Waals surface area contributed by atoms with Gasteiger partial charge in [-0.1, -0.05) is 6.42 Å². The molecular weight excluding hydrogens is 306 g/mol. The zero-order valence-electron chi connectivity index (χ0n) is 14.8. The van der Waals surface area contributed by atoms with E-state index in [0.29, 0.717) is 30.8 Å². The Bertz CT molecular complexity index is 585. The molecular formula is C18H27N3O3. The third-order valence-electron chi connectivity index (χ3n) is 4.66. The van der Waals surface area contributed by atoms with Crippen molar-refractivity contribution in [3.63, 3.8) is 0 Å². The summed E-state index contributed by atoms with van der Waals surface area (Å²) in [7, 11) is 0. The highest BCUT2D eigenvalue weighted by Crippen LogP contribution is 2.34. The lowest BCUT2D eigenvalue weighted by Gasteiger charge is -2.33. The number of hydrogen-bond acceptors (Lipinski definition) is 5. The van der Waals surface area contributed by atoms with Crippen molar-refractivity contribution < 1.29 is 14.3 Å². The number of rotatable bonds is 3. The van der Waals surface area contributed by atoms with E-state index in [4.69, 9.17) is 9.47 Å². The standard InChI is InChI=1S/C18H27N3O3/c1-13(2)24-18(22)21-9-10-23-16-11-15(12-19-17(16)21)14(3)20-7-5-4-6-8-20/h11-14H,4-10H2,1-3H3. The zero-order valence-corrected chi connectivity index (χ0v) is 14.8. The van der Waals surface area contributed by atoms with E-state index in [9.17, 15) is 4.79 Å². The number of likely N-dealkylation sites (tertiary alicyclic amines) is 1. The number of carbonyl (C=O) groups is 1. The van der Waals surface area contributed by atoms with Crippen molar-refractivity contribution in [1.82, 2.24) is 9.88 Å². The predicted octanol–water partition coefficient (Wildman–Crippen LogP) is 3.37. The molecule has 1 atom stereocenters. The van der Waals surface area contributed by atoms with E-state index in [1.807, 2.05) is 26.1 Å². The van der Waals surface area contributed by atoms with Crippen molar-refractivity contribution >= 4 is 11.9 Å². The minimum absolute atomic E-state index is 0.151. The highest BCUT2D eigenvalue weighted by Gasteiger charge is 2.28. The number of anilines is 1. The average molecular weight is 333 g/mol. The van der Waals surface area contributed by atoms with E-state index < -0.39 is 0 Å². The van der Waals surface area contributed by atoms with Crippen LogP contribution in [0.5, 0.6) is 5.75 Å². The maximum atomic E-state index is 12.2. The topological polar surface area (TPSA) is 54.9 Å². The van der Waals surface area contributed by atoms with Crippen LogP contribution in [-0.4, -0.2) is 48.3 Å². The lowest BCUT2D eigenvalue weighted by molar-refractivity contribution is 0.120. The summed E-state index contributed by atoms with van der Waals surface area (Å²) in [6.07, 6.45) is 5.19. The molecule has 0 N–H and O–H groups in total. The Labute approximate surface area is 143 Å². The number of hydrogen-bond donors (Lipinski definition) is 0. The first-order valence-corrected chi connectivity index (χ1v) is 8.91. The van der Waals surface area contributed by atoms with Crippen molar-refractivity contribution in [3.8, 4) is 5.75 Å². The molecule has 1 amide bonds. The third kappa shape index (κ3) is 3.64. The second-order valence-electron chi connectivity index (χ2n) is 6.80. The van der Waals surface area contributed by atoms with E-state index >= 15 is 0 Å². The molecule has 1 saturated heterocycles. The molecule has 2 aliphatic heterocycles. The van der Waals surface area contributed by atoms with Gasteiger partial charge in [0.2, 0.25) is 0 Å². The summed E-state index contributed by atoms with van der Waals surface area (Å²) in [5.74, 6) is 1.23. The van der Waals surface area contributed by atoms with Gasteiger partial charge in [-0.3, -0.25) is 9.80 Å². The Morgan fingerprint density at radius 1 is 1.21 bits per heavy atom. The molecule has 0 spiro atoms. The summed E-state index contributed by atoms with van der Waals surface area (Å²) in [4.78, 5) is 20.8. The highest BCUT2D eigenvalue weighted by atomic mass is 16.6. The molecule has 1 aromatic rings. The third-order valence-corrected chi connectivity index (χ3v) is 4.66. The molecule has 0 radical (unpaired) electrons. The average Bonchev–Trinajstić information content (AvgIpc) is 2.60. The number of fused-ring (bicyclic) bond motifs is 1. The van der Waals surface area contributed by atoms with Gasteiger partial charge in [-0.25, -0.2) is 9.78 Å². The first-order chi connectivity index (χ1) is 11.6. The largest absolute Gasteiger partial charge is 0.488 e. The molecule has 3 rings (SSSR count). The van der Waals surface area contributed by atoms with Crippen molar-refractivity contribution in [1.29, 1.82) is 0 Å². The van der Waals surface area contributed by atoms with Gasteiger partial charge < -0.3 is 9.47 Å². The van der Waals surface area contributed by atoms with Crippen LogP contribution in [-0.2, 0) is 4.74 Å². The summed E-state index contributed by atoms with van der Waals surface area (Å²) in [5.41, 5.74) is 1.13. The van der Waals surface area contributed by atoms with Crippen molar-refractivity contribution in [2.75, 3.05) is 31.1 Å². The lowest BCUT2D eigenvalue weighted by Crippen LogP contribution is -2.40. The van der Waals surface area contributed by atoms with Crippen molar-refractivity contribution in [2.45, 2.75) is 52.2 Å². The molecule has 132 valence electrons. The van der Waals surface area contributed by atoms with Crippen LogP contribution in [0, 0.1) is 0 Å². The van der Waals surface area contributed by atoms with Crippen LogP contribution < -0.4 is 9.64 Å². The normalized spacial score (nSPS) is 19.6. The van der Waals surface area contributed by atoms with Crippen LogP contribution >= 0.6 is 0 Å². The molecule has 2 aliphatic rings. The molecule has 6 nitrogen and oxygen atoms in total. The fraction of sp³-hybridized carbons (Fsp3) is 0.667. The fourth-order valence-electron chi connectivity index (χ4n) is 3.30. The summed E-state index contributed by atoms with van der Waals surface area (Å²) in [6.45, 7) is 9.09. The quantitative estimate of drug-likeness (QED) is 0.849. The van der Waals surface area contributed by atoms with Crippen LogP contribution in [0.2, 0.25) is 0 Å². The number of amides is 1. The van der Waals surface area contributed by atoms with Gasteiger partial charge in [0.25, 0.3) is 0 Å². The molecule has 0 aromatic carbocycles. The van der Waals surface area contributed by atoms with Crippen LogP contribution in [0.25, 0.3) is 0 Å².